The zero-order valence-electron chi connectivity index (χ0n) is 14.7. The van der Waals surface area contributed by atoms with E-state index in [0.717, 1.165) is 22.3 Å². The molecule has 0 unspecified atom stereocenters. The van der Waals surface area contributed by atoms with E-state index in [-0.39, 0.29) is 11.6 Å². The minimum atomic E-state index is -2.57. The lowest BCUT2D eigenvalue weighted by molar-refractivity contribution is 0.0464. The largest absolute Gasteiger partial charge is 0.284 e. The van der Waals surface area contributed by atoms with Crippen LogP contribution in [0.25, 0.3) is 5.57 Å². The van der Waals surface area contributed by atoms with Crippen LogP contribution < -0.4 is 0 Å². The Kier molecular flexibility index (Phi) is 5.05. The highest BCUT2D eigenvalue weighted by Crippen LogP contribution is 2.49. The van der Waals surface area contributed by atoms with Gasteiger partial charge in [0.05, 0.1) is 12.6 Å². The maximum absolute atomic E-state index is 14.8. The molecule has 0 amide bonds. The molecule has 2 aliphatic rings. The number of fused-ring (bicyclic) bond motifs is 2. The average molecular weight is 487 g/mol. The fourth-order valence-corrected chi connectivity index (χ4v) is 4.97. The molecule has 1 heterocycles. The van der Waals surface area contributed by atoms with E-state index >= 15 is 0 Å². The van der Waals surface area contributed by atoms with Gasteiger partial charge in [-0.1, -0.05) is 24.3 Å². The minimum Gasteiger partial charge on any atom is -0.284 e. The molecule has 2 aromatic rings. The molecule has 6 heteroatoms. The fourth-order valence-electron chi connectivity index (χ4n) is 4.42. The highest BCUT2D eigenvalue weighted by Gasteiger charge is 2.41. The monoisotopic (exact) mass is 487 g/mol. The Labute approximate surface area is 169 Å². The van der Waals surface area contributed by atoms with Crippen molar-refractivity contribution in [2.24, 2.45) is 0 Å². The summed E-state index contributed by atoms with van der Waals surface area (Å²) in [7, 11) is 0. The molecular formula is C21H18F4IN. The second-order valence-corrected chi connectivity index (χ2v) is 8.41. The van der Waals surface area contributed by atoms with Crippen molar-refractivity contribution in [3.05, 3.63) is 73.9 Å². The van der Waals surface area contributed by atoms with Crippen LogP contribution in [-0.2, 0) is 6.42 Å². The van der Waals surface area contributed by atoms with E-state index in [2.05, 4.69) is 0 Å². The van der Waals surface area contributed by atoms with Crippen LogP contribution in [0.1, 0.15) is 36.1 Å². The van der Waals surface area contributed by atoms with Gasteiger partial charge in [0, 0.05) is 15.2 Å². The van der Waals surface area contributed by atoms with Gasteiger partial charge in [-0.05, 0) is 76.8 Å². The van der Waals surface area contributed by atoms with Gasteiger partial charge in [0.2, 0.25) is 0 Å². The van der Waals surface area contributed by atoms with Crippen LogP contribution in [0.5, 0.6) is 0 Å². The number of hydrogen-bond acceptors (Lipinski definition) is 1. The van der Waals surface area contributed by atoms with E-state index in [4.69, 9.17) is 0 Å². The lowest BCUT2D eigenvalue weighted by Crippen LogP contribution is -2.44. The standard InChI is InChI=1S/C21H18F4IN/c1-11-6-15-14-5-3-2-4-12(14)7-16(15)21(27(11)10-19(24)25)20-17(22)8-13(26)9-18(20)23/h2-5,8-9,11,19,21H,6-7,10H2,1H3/t11-,21+/m1/s1. The molecule has 2 aromatic carbocycles. The predicted octanol–water partition coefficient (Wildman–Crippen LogP) is 5.98. The first-order valence-electron chi connectivity index (χ1n) is 8.85. The van der Waals surface area contributed by atoms with Gasteiger partial charge in [-0.15, -0.1) is 0 Å². The third kappa shape index (κ3) is 3.31. The van der Waals surface area contributed by atoms with Crippen molar-refractivity contribution < 1.29 is 17.6 Å². The second-order valence-electron chi connectivity index (χ2n) is 7.16. The first kappa shape index (κ1) is 18.9. The predicted molar refractivity (Wildman–Crippen MR) is 106 cm³/mol. The van der Waals surface area contributed by atoms with Crippen LogP contribution >= 0.6 is 22.6 Å². The van der Waals surface area contributed by atoms with Gasteiger partial charge in [0.15, 0.2) is 0 Å². The number of hydrogen-bond donors (Lipinski definition) is 0. The summed E-state index contributed by atoms with van der Waals surface area (Å²) < 4.78 is 56.7. The molecule has 2 atom stereocenters. The minimum absolute atomic E-state index is 0.122. The lowest BCUT2D eigenvalue weighted by atomic mass is 9.85. The molecule has 0 radical (unpaired) electrons. The van der Waals surface area contributed by atoms with Crippen molar-refractivity contribution in [2.75, 3.05) is 6.54 Å². The number of halogens is 5. The zero-order chi connectivity index (χ0) is 19.3. The van der Waals surface area contributed by atoms with Crippen molar-refractivity contribution in [3.8, 4) is 0 Å². The van der Waals surface area contributed by atoms with E-state index in [9.17, 15) is 17.6 Å². The summed E-state index contributed by atoms with van der Waals surface area (Å²) in [6, 6.07) is 9.33. The maximum atomic E-state index is 14.8. The summed E-state index contributed by atoms with van der Waals surface area (Å²) in [5, 5.41) is 0. The van der Waals surface area contributed by atoms with E-state index in [0.29, 0.717) is 16.4 Å². The van der Waals surface area contributed by atoms with Gasteiger partial charge in [-0.2, -0.15) is 0 Å². The average Bonchev–Trinajstić information content (AvgIpc) is 2.94. The molecule has 0 spiro atoms. The van der Waals surface area contributed by atoms with Crippen LogP contribution in [0.4, 0.5) is 17.6 Å². The number of nitrogens with zero attached hydrogens (tertiary/aromatic N) is 1. The summed E-state index contributed by atoms with van der Waals surface area (Å²) in [5.74, 6) is -1.36. The number of rotatable bonds is 3. The van der Waals surface area contributed by atoms with E-state index < -0.39 is 30.6 Å². The van der Waals surface area contributed by atoms with Crippen LogP contribution in [0, 0.1) is 15.2 Å². The highest BCUT2D eigenvalue weighted by molar-refractivity contribution is 14.1. The van der Waals surface area contributed by atoms with Crippen LogP contribution in [0.15, 0.2) is 42.0 Å². The van der Waals surface area contributed by atoms with Gasteiger partial charge in [-0.25, -0.2) is 17.6 Å². The van der Waals surface area contributed by atoms with Crippen molar-refractivity contribution in [1.82, 2.24) is 4.90 Å². The molecule has 4 rings (SSSR count). The molecule has 0 fully saturated rings. The molecule has 27 heavy (non-hydrogen) atoms. The second kappa shape index (κ2) is 7.20. The molecule has 0 N–H and O–H groups in total. The van der Waals surface area contributed by atoms with Crippen LogP contribution in [-0.4, -0.2) is 23.9 Å². The maximum Gasteiger partial charge on any atom is 0.251 e. The Morgan fingerprint density at radius 2 is 1.81 bits per heavy atom. The molecule has 1 aliphatic carbocycles. The Balaban J connectivity index is 1.90. The third-order valence-electron chi connectivity index (χ3n) is 5.50. The van der Waals surface area contributed by atoms with Gasteiger partial charge < -0.3 is 0 Å². The first-order valence-corrected chi connectivity index (χ1v) is 9.93. The zero-order valence-corrected chi connectivity index (χ0v) is 16.8. The smallest absolute Gasteiger partial charge is 0.251 e. The quantitative estimate of drug-likeness (QED) is 0.381. The Hall–Kier alpha value is -1.41. The summed E-state index contributed by atoms with van der Waals surface area (Å²) in [6.45, 7) is 1.34. The van der Waals surface area contributed by atoms with Crippen molar-refractivity contribution >= 4 is 28.2 Å². The first-order chi connectivity index (χ1) is 12.9. The van der Waals surface area contributed by atoms with E-state index in [1.807, 2.05) is 53.8 Å². The molecule has 0 saturated carbocycles. The molecule has 0 aromatic heterocycles. The van der Waals surface area contributed by atoms with E-state index in [1.54, 1.807) is 4.90 Å². The van der Waals surface area contributed by atoms with Crippen molar-refractivity contribution in [2.45, 2.75) is 38.3 Å². The summed E-state index contributed by atoms with van der Waals surface area (Å²) in [5.41, 5.74) is 3.93. The van der Waals surface area contributed by atoms with Crippen LogP contribution in [0.2, 0.25) is 0 Å². The molecule has 1 nitrogen and oxygen atoms in total. The van der Waals surface area contributed by atoms with Gasteiger partial charge in [0.1, 0.15) is 11.6 Å². The highest BCUT2D eigenvalue weighted by atomic mass is 127. The Morgan fingerprint density at radius 1 is 1.15 bits per heavy atom. The summed E-state index contributed by atoms with van der Waals surface area (Å²) >= 11 is 1.85. The summed E-state index contributed by atoms with van der Waals surface area (Å²) in [6.07, 6.45) is -1.44. The van der Waals surface area contributed by atoms with Crippen molar-refractivity contribution in [3.63, 3.8) is 0 Å². The van der Waals surface area contributed by atoms with Crippen LogP contribution in [0.3, 0.4) is 0 Å². The molecular weight excluding hydrogens is 469 g/mol. The SMILES string of the molecule is C[C@@H]1CC2=C(Cc3ccccc32)[C@@H](c2c(F)cc(I)cc2F)N1CC(F)F. The Bertz CT molecular complexity index is 901. The van der Waals surface area contributed by atoms with Gasteiger partial charge in [-0.3, -0.25) is 4.90 Å². The Morgan fingerprint density at radius 3 is 2.48 bits per heavy atom. The van der Waals surface area contributed by atoms with Crippen molar-refractivity contribution in [1.29, 1.82) is 0 Å². The fraction of sp³-hybridized carbons (Fsp3) is 0.333. The molecule has 0 bridgehead atoms. The van der Waals surface area contributed by atoms with Gasteiger partial charge >= 0.3 is 0 Å². The lowest BCUT2D eigenvalue weighted by Gasteiger charge is -2.42. The topological polar surface area (TPSA) is 3.24 Å². The molecule has 1 aliphatic heterocycles. The molecule has 142 valence electrons. The van der Waals surface area contributed by atoms with E-state index in [1.165, 1.54) is 12.1 Å². The number of benzene rings is 2. The van der Waals surface area contributed by atoms with Gasteiger partial charge in [0.25, 0.3) is 6.43 Å². The third-order valence-corrected chi connectivity index (χ3v) is 6.13. The summed E-state index contributed by atoms with van der Waals surface area (Å²) in [4.78, 5) is 1.56. The molecule has 0 saturated heterocycles. The normalized spacial score (nSPS) is 22.3. The number of alkyl halides is 2.